The molecule has 2 rings (SSSR count). The van der Waals surface area contributed by atoms with E-state index in [9.17, 15) is 0 Å². The maximum atomic E-state index is 6.07. The molecule has 20 heavy (non-hydrogen) atoms. The van der Waals surface area contributed by atoms with Crippen molar-refractivity contribution < 1.29 is 0 Å². The Hall–Kier alpha value is -0.380. The molecule has 112 valence electrons. The maximum Gasteiger partial charge on any atom is 0.0470 e. The van der Waals surface area contributed by atoms with Crippen LogP contribution in [-0.2, 0) is 0 Å². The number of nitrogens with zero attached hydrogens (tertiary/aromatic N) is 1. The third-order valence-electron chi connectivity index (χ3n) is 4.68. The number of halogens is 1. The van der Waals surface area contributed by atoms with Crippen molar-refractivity contribution in [3.05, 3.63) is 33.8 Å². The zero-order valence-corrected chi connectivity index (χ0v) is 14.7. The standard InChI is InChI=1S/C17H27BrN2/c1-12-9-13(5-6-15(12)18)16(10-19)20-8-7-14(11-20)17(2,3)4/h5-6,9,14,16H,7-8,10-11,19H2,1-4H3. The first-order chi connectivity index (χ1) is 9.32. The number of likely N-dealkylation sites (tertiary alicyclic amines) is 1. The van der Waals surface area contributed by atoms with E-state index < -0.39 is 0 Å². The fourth-order valence-corrected chi connectivity index (χ4v) is 3.40. The fourth-order valence-electron chi connectivity index (χ4n) is 3.15. The van der Waals surface area contributed by atoms with Gasteiger partial charge in [-0.2, -0.15) is 0 Å². The van der Waals surface area contributed by atoms with Gasteiger partial charge in [-0.15, -0.1) is 0 Å². The second-order valence-corrected chi connectivity index (χ2v) is 7.96. The van der Waals surface area contributed by atoms with E-state index in [2.05, 4.69) is 66.7 Å². The molecule has 1 saturated heterocycles. The molecule has 2 atom stereocenters. The summed E-state index contributed by atoms with van der Waals surface area (Å²) in [6.07, 6.45) is 1.29. The SMILES string of the molecule is Cc1cc(C(CN)N2CCC(C(C)(C)C)C2)ccc1Br. The molecule has 0 bridgehead atoms. The Kier molecular flexibility index (Phi) is 4.93. The smallest absolute Gasteiger partial charge is 0.0470 e. The molecule has 0 saturated carbocycles. The van der Waals surface area contributed by atoms with E-state index >= 15 is 0 Å². The summed E-state index contributed by atoms with van der Waals surface area (Å²) in [5.74, 6) is 0.771. The van der Waals surface area contributed by atoms with Gasteiger partial charge < -0.3 is 5.73 Å². The Balaban J connectivity index is 2.15. The van der Waals surface area contributed by atoms with Gasteiger partial charge >= 0.3 is 0 Å². The quantitative estimate of drug-likeness (QED) is 0.897. The summed E-state index contributed by atoms with van der Waals surface area (Å²) in [5.41, 5.74) is 9.10. The molecule has 0 aliphatic carbocycles. The Morgan fingerprint density at radius 1 is 1.40 bits per heavy atom. The predicted molar refractivity (Wildman–Crippen MR) is 89.8 cm³/mol. The van der Waals surface area contributed by atoms with E-state index in [1.807, 2.05) is 0 Å². The Bertz CT molecular complexity index is 465. The van der Waals surface area contributed by atoms with Crippen LogP contribution < -0.4 is 5.73 Å². The molecule has 2 N–H and O–H groups in total. The number of aryl methyl sites for hydroxylation is 1. The van der Waals surface area contributed by atoms with Crippen LogP contribution in [0.1, 0.15) is 44.4 Å². The summed E-state index contributed by atoms with van der Waals surface area (Å²) < 4.78 is 1.17. The molecule has 1 fully saturated rings. The summed E-state index contributed by atoms with van der Waals surface area (Å²) >= 11 is 3.57. The van der Waals surface area contributed by atoms with E-state index in [1.165, 1.54) is 35.1 Å². The minimum Gasteiger partial charge on any atom is -0.329 e. The van der Waals surface area contributed by atoms with Gasteiger partial charge in [-0.05, 0) is 48.4 Å². The molecular formula is C17H27BrN2. The van der Waals surface area contributed by atoms with Crippen molar-refractivity contribution in [2.24, 2.45) is 17.1 Å². The van der Waals surface area contributed by atoms with E-state index in [0.29, 0.717) is 18.0 Å². The average Bonchev–Trinajstić information content (AvgIpc) is 2.84. The van der Waals surface area contributed by atoms with E-state index in [1.54, 1.807) is 0 Å². The highest BCUT2D eigenvalue weighted by Crippen LogP contribution is 2.37. The largest absolute Gasteiger partial charge is 0.329 e. The predicted octanol–water partition coefficient (Wildman–Crippen LogP) is 4.13. The van der Waals surface area contributed by atoms with Crippen molar-refractivity contribution in [2.75, 3.05) is 19.6 Å². The first kappa shape index (κ1) is 16.0. The maximum absolute atomic E-state index is 6.07. The highest BCUT2D eigenvalue weighted by Gasteiger charge is 2.34. The molecule has 2 nitrogen and oxygen atoms in total. The van der Waals surface area contributed by atoms with Crippen LogP contribution in [0.15, 0.2) is 22.7 Å². The molecular weight excluding hydrogens is 312 g/mol. The molecule has 2 unspecified atom stereocenters. The number of hydrogen-bond acceptors (Lipinski definition) is 2. The third-order valence-corrected chi connectivity index (χ3v) is 5.56. The Morgan fingerprint density at radius 2 is 2.10 bits per heavy atom. The first-order valence-corrected chi connectivity index (χ1v) is 8.32. The molecule has 1 aromatic carbocycles. The van der Waals surface area contributed by atoms with E-state index in [0.717, 1.165) is 5.92 Å². The van der Waals surface area contributed by atoms with Crippen molar-refractivity contribution in [1.29, 1.82) is 0 Å². The van der Waals surface area contributed by atoms with Gasteiger partial charge in [0, 0.05) is 23.6 Å². The minimum atomic E-state index is 0.356. The zero-order chi connectivity index (χ0) is 14.9. The molecule has 0 spiro atoms. The molecule has 3 heteroatoms. The van der Waals surface area contributed by atoms with Gasteiger partial charge in [-0.3, -0.25) is 4.90 Å². The van der Waals surface area contributed by atoms with Crippen LogP contribution in [0.5, 0.6) is 0 Å². The van der Waals surface area contributed by atoms with Crippen molar-refractivity contribution >= 4 is 15.9 Å². The summed E-state index contributed by atoms with van der Waals surface area (Å²) in [5, 5.41) is 0. The first-order valence-electron chi connectivity index (χ1n) is 7.53. The fraction of sp³-hybridized carbons (Fsp3) is 0.647. The van der Waals surface area contributed by atoms with E-state index in [4.69, 9.17) is 5.73 Å². The second kappa shape index (κ2) is 6.17. The average molecular weight is 339 g/mol. The van der Waals surface area contributed by atoms with Crippen molar-refractivity contribution in [3.63, 3.8) is 0 Å². The minimum absolute atomic E-state index is 0.356. The molecule has 0 aromatic heterocycles. The van der Waals surface area contributed by atoms with Crippen LogP contribution in [0.2, 0.25) is 0 Å². The molecule has 1 heterocycles. The lowest BCUT2D eigenvalue weighted by atomic mass is 9.80. The summed E-state index contributed by atoms with van der Waals surface area (Å²) in [4.78, 5) is 2.57. The lowest BCUT2D eigenvalue weighted by Gasteiger charge is -2.30. The number of rotatable bonds is 3. The summed E-state index contributed by atoms with van der Waals surface area (Å²) in [7, 11) is 0. The number of hydrogen-bond donors (Lipinski definition) is 1. The number of nitrogens with two attached hydrogens (primary N) is 1. The topological polar surface area (TPSA) is 29.3 Å². The monoisotopic (exact) mass is 338 g/mol. The van der Waals surface area contributed by atoms with Gasteiger partial charge in [0.05, 0.1) is 0 Å². The third kappa shape index (κ3) is 3.44. The Morgan fingerprint density at radius 3 is 2.60 bits per heavy atom. The Labute approximate surface area is 131 Å². The zero-order valence-electron chi connectivity index (χ0n) is 13.1. The number of benzene rings is 1. The molecule has 0 radical (unpaired) electrons. The molecule has 1 aliphatic heterocycles. The van der Waals surface area contributed by atoms with Crippen LogP contribution in [0.4, 0.5) is 0 Å². The lowest BCUT2D eigenvalue weighted by molar-refractivity contribution is 0.197. The lowest BCUT2D eigenvalue weighted by Crippen LogP contribution is -2.33. The van der Waals surface area contributed by atoms with Gasteiger partial charge in [-0.25, -0.2) is 0 Å². The molecule has 0 amide bonds. The normalized spacial score (nSPS) is 22.2. The highest BCUT2D eigenvalue weighted by atomic mass is 79.9. The summed E-state index contributed by atoms with van der Waals surface area (Å²) in [6, 6.07) is 6.98. The van der Waals surface area contributed by atoms with Gasteiger partial charge in [0.15, 0.2) is 0 Å². The second-order valence-electron chi connectivity index (χ2n) is 7.11. The van der Waals surface area contributed by atoms with Crippen LogP contribution >= 0.6 is 15.9 Å². The van der Waals surface area contributed by atoms with Crippen molar-refractivity contribution in [2.45, 2.75) is 40.2 Å². The van der Waals surface area contributed by atoms with Crippen LogP contribution in [0.3, 0.4) is 0 Å². The van der Waals surface area contributed by atoms with Gasteiger partial charge in [0.2, 0.25) is 0 Å². The van der Waals surface area contributed by atoms with Crippen LogP contribution in [0, 0.1) is 18.3 Å². The van der Waals surface area contributed by atoms with E-state index in [-0.39, 0.29) is 0 Å². The van der Waals surface area contributed by atoms with Gasteiger partial charge in [0.25, 0.3) is 0 Å². The van der Waals surface area contributed by atoms with Gasteiger partial charge in [0.1, 0.15) is 0 Å². The molecule has 1 aliphatic rings. The van der Waals surface area contributed by atoms with Crippen LogP contribution in [-0.4, -0.2) is 24.5 Å². The molecule has 1 aromatic rings. The van der Waals surface area contributed by atoms with Crippen LogP contribution in [0.25, 0.3) is 0 Å². The highest BCUT2D eigenvalue weighted by molar-refractivity contribution is 9.10. The van der Waals surface area contributed by atoms with Crippen molar-refractivity contribution in [3.8, 4) is 0 Å². The van der Waals surface area contributed by atoms with Crippen molar-refractivity contribution in [1.82, 2.24) is 4.90 Å². The summed E-state index contributed by atoms with van der Waals surface area (Å²) in [6.45, 7) is 12.2. The van der Waals surface area contributed by atoms with Gasteiger partial charge in [-0.1, -0.05) is 48.8 Å².